The second-order valence-electron chi connectivity index (χ2n) is 6.52. The molecule has 3 rings (SSSR count). The van der Waals surface area contributed by atoms with Gasteiger partial charge in [0.05, 0.1) is 0 Å². The first kappa shape index (κ1) is 13.9. The van der Waals surface area contributed by atoms with E-state index in [4.69, 9.17) is 0 Å². The van der Waals surface area contributed by atoms with Gasteiger partial charge >= 0.3 is 0 Å². The van der Waals surface area contributed by atoms with Gasteiger partial charge in [0.25, 0.3) is 0 Å². The Hall–Kier alpha value is -1.06. The number of rotatable bonds is 3. The van der Waals surface area contributed by atoms with Gasteiger partial charge in [-0.2, -0.15) is 0 Å². The summed E-state index contributed by atoms with van der Waals surface area (Å²) in [6.45, 7) is 12.8. The summed E-state index contributed by atoms with van der Waals surface area (Å²) < 4.78 is 0. The van der Waals surface area contributed by atoms with Gasteiger partial charge in [-0.1, -0.05) is 26.0 Å². The predicted octanol–water partition coefficient (Wildman–Crippen LogP) is 2.11. The Labute approximate surface area is 123 Å². The zero-order chi connectivity index (χ0) is 13.9. The molecule has 1 saturated heterocycles. The van der Waals surface area contributed by atoms with Crippen LogP contribution in [0.5, 0.6) is 0 Å². The van der Waals surface area contributed by atoms with E-state index in [1.54, 1.807) is 5.56 Å². The minimum Gasteiger partial charge on any atom is -0.369 e. The molecule has 0 saturated carbocycles. The molecular formula is C17H27N3. The Morgan fingerprint density at radius 3 is 2.70 bits per heavy atom. The molecule has 0 bridgehead atoms. The van der Waals surface area contributed by atoms with E-state index in [9.17, 15) is 0 Å². The molecule has 0 unspecified atom stereocenters. The first-order valence-corrected chi connectivity index (χ1v) is 8.03. The lowest BCUT2D eigenvalue weighted by molar-refractivity contribution is 0.231. The van der Waals surface area contributed by atoms with Crippen LogP contribution in [0.4, 0.5) is 5.69 Å². The molecule has 0 amide bonds. The van der Waals surface area contributed by atoms with Crippen LogP contribution in [0.25, 0.3) is 0 Å². The fourth-order valence-electron chi connectivity index (χ4n) is 3.50. The van der Waals surface area contributed by atoms with Crippen LogP contribution in [0.1, 0.15) is 25.0 Å². The Morgan fingerprint density at radius 1 is 1.15 bits per heavy atom. The molecule has 0 radical (unpaired) electrons. The normalized spacial score (nSPS) is 20.2. The number of benzene rings is 1. The van der Waals surface area contributed by atoms with E-state index in [0.29, 0.717) is 0 Å². The highest BCUT2D eigenvalue weighted by molar-refractivity contribution is 5.58. The van der Waals surface area contributed by atoms with E-state index >= 15 is 0 Å². The lowest BCUT2D eigenvalue weighted by atomic mass is 9.98. The zero-order valence-electron chi connectivity index (χ0n) is 12.9. The van der Waals surface area contributed by atoms with Crippen molar-refractivity contribution in [3.8, 4) is 0 Å². The topological polar surface area (TPSA) is 18.5 Å². The second-order valence-corrected chi connectivity index (χ2v) is 6.52. The first-order chi connectivity index (χ1) is 9.74. The van der Waals surface area contributed by atoms with Gasteiger partial charge in [0, 0.05) is 45.0 Å². The summed E-state index contributed by atoms with van der Waals surface area (Å²) in [5, 5.41) is 3.47. The van der Waals surface area contributed by atoms with Gasteiger partial charge in [-0.25, -0.2) is 0 Å². The molecule has 2 aliphatic rings. The number of nitrogens with one attached hydrogen (secondary N) is 1. The molecule has 0 spiro atoms. The molecule has 110 valence electrons. The molecule has 20 heavy (non-hydrogen) atoms. The molecule has 1 N–H and O–H groups in total. The van der Waals surface area contributed by atoms with Crippen LogP contribution >= 0.6 is 0 Å². The van der Waals surface area contributed by atoms with Crippen LogP contribution in [0, 0.1) is 5.92 Å². The molecular weight excluding hydrogens is 246 g/mol. The fraction of sp³-hybridized carbons (Fsp3) is 0.647. The average molecular weight is 273 g/mol. The van der Waals surface area contributed by atoms with E-state index in [1.165, 1.54) is 50.4 Å². The van der Waals surface area contributed by atoms with Crippen molar-refractivity contribution < 1.29 is 0 Å². The summed E-state index contributed by atoms with van der Waals surface area (Å²) in [7, 11) is 0. The van der Waals surface area contributed by atoms with Crippen molar-refractivity contribution in [3.63, 3.8) is 0 Å². The molecule has 0 atom stereocenters. The molecule has 2 aliphatic heterocycles. The minimum atomic E-state index is 0.775. The number of hydrogen-bond donors (Lipinski definition) is 1. The average Bonchev–Trinajstić information content (AvgIpc) is 2.47. The highest BCUT2D eigenvalue weighted by atomic mass is 15.3. The zero-order valence-corrected chi connectivity index (χ0v) is 12.9. The van der Waals surface area contributed by atoms with Crippen molar-refractivity contribution >= 4 is 5.69 Å². The molecule has 1 aromatic rings. The lowest BCUT2D eigenvalue weighted by Crippen LogP contribution is -2.48. The fourth-order valence-corrected chi connectivity index (χ4v) is 3.50. The van der Waals surface area contributed by atoms with Gasteiger partial charge in [-0.15, -0.1) is 0 Å². The van der Waals surface area contributed by atoms with Crippen molar-refractivity contribution in [1.82, 2.24) is 10.2 Å². The summed E-state index contributed by atoms with van der Waals surface area (Å²) in [5.74, 6) is 0.775. The van der Waals surface area contributed by atoms with Crippen LogP contribution in [-0.4, -0.2) is 44.2 Å². The van der Waals surface area contributed by atoms with Crippen molar-refractivity contribution in [2.75, 3.05) is 44.2 Å². The summed E-state index contributed by atoms with van der Waals surface area (Å²) in [4.78, 5) is 5.21. The number of anilines is 1. The maximum atomic E-state index is 3.47. The number of piperazine rings is 1. The van der Waals surface area contributed by atoms with Crippen LogP contribution in [-0.2, 0) is 13.0 Å². The smallest absolute Gasteiger partial charge is 0.0403 e. The first-order valence-electron chi connectivity index (χ1n) is 8.03. The van der Waals surface area contributed by atoms with Gasteiger partial charge in [0.1, 0.15) is 0 Å². The van der Waals surface area contributed by atoms with Crippen LogP contribution in [0.15, 0.2) is 18.2 Å². The summed E-state index contributed by atoms with van der Waals surface area (Å²) in [6, 6.07) is 6.82. The number of nitrogens with zero attached hydrogens (tertiary/aromatic N) is 2. The SMILES string of the molecule is CC(C)CN1CCN(c2cccc3c2CCNC3)CC1. The van der Waals surface area contributed by atoms with E-state index in [0.717, 1.165) is 19.0 Å². The Bertz CT molecular complexity index is 448. The Morgan fingerprint density at radius 2 is 1.95 bits per heavy atom. The summed E-state index contributed by atoms with van der Waals surface area (Å²) in [5.41, 5.74) is 4.58. The quantitative estimate of drug-likeness (QED) is 0.910. The predicted molar refractivity (Wildman–Crippen MR) is 85.3 cm³/mol. The number of fused-ring (bicyclic) bond motifs is 1. The lowest BCUT2D eigenvalue weighted by Gasteiger charge is -2.38. The van der Waals surface area contributed by atoms with E-state index in [-0.39, 0.29) is 0 Å². The second kappa shape index (κ2) is 6.15. The van der Waals surface area contributed by atoms with Gasteiger partial charge in [-0.05, 0) is 36.1 Å². The minimum absolute atomic E-state index is 0.775. The highest BCUT2D eigenvalue weighted by Crippen LogP contribution is 2.27. The Kier molecular flexibility index (Phi) is 4.27. The van der Waals surface area contributed by atoms with Crippen molar-refractivity contribution in [2.45, 2.75) is 26.8 Å². The summed E-state index contributed by atoms with van der Waals surface area (Å²) >= 11 is 0. The van der Waals surface area contributed by atoms with E-state index in [2.05, 4.69) is 47.2 Å². The number of hydrogen-bond acceptors (Lipinski definition) is 3. The Balaban J connectivity index is 1.69. The third-order valence-corrected chi connectivity index (χ3v) is 4.45. The van der Waals surface area contributed by atoms with Crippen LogP contribution < -0.4 is 10.2 Å². The maximum Gasteiger partial charge on any atom is 0.0403 e. The molecule has 3 nitrogen and oxygen atoms in total. The van der Waals surface area contributed by atoms with E-state index in [1.807, 2.05) is 0 Å². The summed E-state index contributed by atoms with van der Waals surface area (Å²) in [6.07, 6.45) is 1.18. The maximum absolute atomic E-state index is 3.47. The third kappa shape index (κ3) is 2.99. The third-order valence-electron chi connectivity index (χ3n) is 4.45. The van der Waals surface area contributed by atoms with Gasteiger partial charge < -0.3 is 10.2 Å². The molecule has 0 aliphatic carbocycles. The van der Waals surface area contributed by atoms with Gasteiger partial charge in [0.15, 0.2) is 0 Å². The van der Waals surface area contributed by atoms with Crippen molar-refractivity contribution in [2.24, 2.45) is 5.92 Å². The highest BCUT2D eigenvalue weighted by Gasteiger charge is 2.21. The van der Waals surface area contributed by atoms with Crippen LogP contribution in [0.2, 0.25) is 0 Å². The van der Waals surface area contributed by atoms with Crippen molar-refractivity contribution in [1.29, 1.82) is 0 Å². The molecule has 1 fully saturated rings. The molecule has 0 aromatic heterocycles. The van der Waals surface area contributed by atoms with Gasteiger partial charge in [0.2, 0.25) is 0 Å². The van der Waals surface area contributed by atoms with E-state index < -0.39 is 0 Å². The monoisotopic (exact) mass is 273 g/mol. The van der Waals surface area contributed by atoms with Crippen molar-refractivity contribution in [3.05, 3.63) is 29.3 Å². The standard InChI is InChI=1S/C17H27N3/c1-14(2)13-19-8-10-20(11-9-19)17-5-3-4-15-12-18-7-6-16(15)17/h3-5,14,18H,6-13H2,1-2H3. The van der Waals surface area contributed by atoms with Gasteiger partial charge in [-0.3, -0.25) is 4.90 Å². The van der Waals surface area contributed by atoms with Crippen LogP contribution in [0.3, 0.4) is 0 Å². The molecule has 2 heterocycles. The molecule has 3 heteroatoms. The molecule has 1 aromatic carbocycles. The largest absolute Gasteiger partial charge is 0.369 e.